The number of carbonyl (C=O) groups excluding carboxylic acids is 1. The van der Waals surface area contributed by atoms with Crippen LogP contribution in [-0.4, -0.2) is 21.6 Å². The molecule has 2 aromatic rings. The lowest BCUT2D eigenvalue weighted by atomic mass is 9.95. The molecule has 1 amide bonds. The zero-order chi connectivity index (χ0) is 14.6. The Morgan fingerprint density at radius 1 is 1.35 bits per heavy atom. The van der Waals surface area contributed by atoms with Crippen molar-refractivity contribution in [2.24, 2.45) is 0 Å². The molecule has 106 valence electrons. The fourth-order valence-electron chi connectivity index (χ4n) is 1.99. The first-order valence-corrected chi connectivity index (χ1v) is 6.64. The molecule has 1 heterocycles. The van der Waals surface area contributed by atoms with Crippen molar-refractivity contribution in [3.8, 4) is 0 Å². The summed E-state index contributed by atoms with van der Waals surface area (Å²) in [6, 6.07) is 11.8. The van der Waals surface area contributed by atoms with Crippen molar-refractivity contribution < 1.29 is 4.79 Å². The number of aryl methyl sites for hydroxylation is 1. The fourth-order valence-corrected chi connectivity index (χ4v) is 1.99. The minimum absolute atomic E-state index is 0.188. The van der Waals surface area contributed by atoms with Crippen LogP contribution in [0.15, 0.2) is 36.4 Å². The van der Waals surface area contributed by atoms with Crippen LogP contribution in [0.5, 0.6) is 0 Å². The van der Waals surface area contributed by atoms with Crippen molar-refractivity contribution in [1.82, 2.24) is 15.5 Å². The highest BCUT2D eigenvalue weighted by Gasteiger charge is 2.21. The van der Waals surface area contributed by atoms with E-state index in [1.807, 2.05) is 32.0 Å². The molecule has 0 aliphatic heterocycles. The molecule has 0 aliphatic rings. The van der Waals surface area contributed by atoms with Crippen LogP contribution in [0.4, 0.5) is 5.82 Å². The van der Waals surface area contributed by atoms with Gasteiger partial charge in [0.15, 0.2) is 0 Å². The van der Waals surface area contributed by atoms with Gasteiger partial charge in [-0.1, -0.05) is 30.3 Å². The van der Waals surface area contributed by atoms with E-state index in [1.54, 1.807) is 0 Å². The third-order valence-corrected chi connectivity index (χ3v) is 3.18. The number of nitrogens with one attached hydrogen (secondary N) is 2. The van der Waals surface area contributed by atoms with Crippen LogP contribution in [0.2, 0.25) is 0 Å². The van der Waals surface area contributed by atoms with Gasteiger partial charge in [-0.15, -0.1) is 0 Å². The quantitative estimate of drug-likeness (QED) is 0.779. The molecule has 0 unspecified atom stereocenters. The zero-order valence-electron chi connectivity index (χ0n) is 11.8. The summed E-state index contributed by atoms with van der Waals surface area (Å²) in [6.45, 7) is 4.02. The van der Waals surface area contributed by atoms with Crippen LogP contribution < -0.4 is 11.1 Å². The standard InChI is InChI=1S/C15H20N4O/c1-15(2,9-8-11-6-4-3-5-7-11)17-14(20)12-10-13(16)19-18-12/h3-7,10H,8-9H2,1-2H3,(H,17,20)(H3,16,18,19). The van der Waals surface area contributed by atoms with E-state index in [4.69, 9.17) is 5.73 Å². The van der Waals surface area contributed by atoms with Gasteiger partial charge in [0.2, 0.25) is 0 Å². The van der Waals surface area contributed by atoms with Gasteiger partial charge in [-0.25, -0.2) is 0 Å². The van der Waals surface area contributed by atoms with Gasteiger partial charge in [-0.2, -0.15) is 5.10 Å². The Morgan fingerprint density at radius 3 is 2.65 bits per heavy atom. The lowest BCUT2D eigenvalue weighted by Gasteiger charge is -2.26. The van der Waals surface area contributed by atoms with E-state index in [1.165, 1.54) is 11.6 Å². The lowest BCUT2D eigenvalue weighted by Crippen LogP contribution is -2.43. The first-order valence-electron chi connectivity index (χ1n) is 6.64. The van der Waals surface area contributed by atoms with Gasteiger partial charge in [0.25, 0.3) is 5.91 Å². The normalized spacial score (nSPS) is 11.3. The molecule has 2 rings (SSSR count). The molecule has 0 bridgehead atoms. The minimum atomic E-state index is -0.299. The fraction of sp³-hybridized carbons (Fsp3) is 0.333. The van der Waals surface area contributed by atoms with Gasteiger partial charge in [0.1, 0.15) is 11.5 Å². The first kappa shape index (κ1) is 14.1. The van der Waals surface area contributed by atoms with E-state index in [0.29, 0.717) is 11.5 Å². The molecule has 1 aromatic heterocycles. The molecule has 5 heteroatoms. The summed E-state index contributed by atoms with van der Waals surface area (Å²) in [6.07, 6.45) is 1.77. The third-order valence-electron chi connectivity index (χ3n) is 3.18. The second kappa shape index (κ2) is 5.77. The van der Waals surface area contributed by atoms with Crippen molar-refractivity contribution in [2.75, 3.05) is 5.73 Å². The van der Waals surface area contributed by atoms with E-state index in [9.17, 15) is 4.79 Å². The van der Waals surface area contributed by atoms with Crippen molar-refractivity contribution in [1.29, 1.82) is 0 Å². The number of nitrogen functional groups attached to an aromatic ring is 1. The molecule has 0 saturated heterocycles. The van der Waals surface area contributed by atoms with Crippen molar-refractivity contribution >= 4 is 11.7 Å². The second-order valence-corrected chi connectivity index (χ2v) is 5.53. The molecular formula is C15H20N4O. The summed E-state index contributed by atoms with van der Waals surface area (Å²) < 4.78 is 0. The van der Waals surface area contributed by atoms with Crippen LogP contribution >= 0.6 is 0 Å². The first-order chi connectivity index (χ1) is 9.46. The number of rotatable bonds is 5. The highest BCUT2D eigenvalue weighted by Crippen LogP contribution is 2.14. The van der Waals surface area contributed by atoms with E-state index < -0.39 is 0 Å². The van der Waals surface area contributed by atoms with E-state index in [0.717, 1.165) is 12.8 Å². The van der Waals surface area contributed by atoms with Crippen LogP contribution in [0.1, 0.15) is 36.3 Å². The number of hydrogen-bond acceptors (Lipinski definition) is 3. The number of nitrogens with zero attached hydrogens (tertiary/aromatic N) is 1. The van der Waals surface area contributed by atoms with Crippen LogP contribution in [-0.2, 0) is 6.42 Å². The number of nitrogens with two attached hydrogens (primary N) is 1. The maximum Gasteiger partial charge on any atom is 0.269 e. The van der Waals surface area contributed by atoms with Gasteiger partial charge >= 0.3 is 0 Å². The molecule has 5 nitrogen and oxygen atoms in total. The number of anilines is 1. The van der Waals surface area contributed by atoms with Crippen molar-refractivity contribution in [3.05, 3.63) is 47.7 Å². The predicted octanol–water partition coefficient (Wildman–Crippen LogP) is 2.13. The molecule has 1 aromatic carbocycles. The number of amides is 1. The molecular weight excluding hydrogens is 252 g/mol. The number of H-pyrrole nitrogens is 1. The predicted molar refractivity (Wildman–Crippen MR) is 79.3 cm³/mol. The smallest absolute Gasteiger partial charge is 0.269 e. The minimum Gasteiger partial charge on any atom is -0.382 e. The Morgan fingerprint density at radius 2 is 2.05 bits per heavy atom. The molecule has 0 radical (unpaired) electrons. The lowest BCUT2D eigenvalue weighted by molar-refractivity contribution is 0.0904. The summed E-state index contributed by atoms with van der Waals surface area (Å²) >= 11 is 0. The number of aromatic nitrogens is 2. The molecule has 0 saturated carbocycles. The highest BCUT2D eigenvalue weighted by atomic mass is 16.2. The Bertz CT molecular complexity index is 575. The van der Waals surface area contributed by atoms with Gasteiger partial charge in [-0.3, -0.25) is 9.89 Å². The topological polar surface area (TPSA) is 83.8 Å². The number of hydrogen-bond donors (Lipinski definition) is 3. The average molecular weight is 272 g/mol. The average Bonchev–Trinajstić information content (AvgIpc) is 2.84. The van der Waals surface area contributed by atoms with Gasteiger partial charge in [0.05, 0.1) is 0 Å². The summed E-state index contributed by atoms with van der Waals surface area (Å²) in [7, 11) is 0. The Labute approximate surface area is 118 Å². The second-order valence-electron chi connectivity index (χ2n) is 5.53. The molecule has 0 atom stereocenters. The van der Waals surface area contributed by atoms with Gasteiger partial charge in [-0.05, 0) is 32.3 Å². The SMILES string of the molecule is CC(C)(CCc1ccccc1)NC(=O)c1cc(N)n[nH]1. The Balaban J connectivity index is 1.92. The summed E-state index contributed by atoms with van der Waals surface area (Å²) in [5.41, 5.74) is 6.84. The maximum absolute atomic E-state index is 12.0. The molecule has 0 spiro atoms. The molecule has 4 N–H and O–H groups in total. The zero-order valence-corrected chi connectivity index (χ0v) is 11.8. The largest absolute Gasteiger partial charge is 0.382 e. The third kappa shape index (κ3) is 3.85. The summed E-state index contributed by atoms with van der Waals surface area (Å²) in [5, 5.41) is 9.36. The maximum atomic E-state index is 12.0. The van der Waals surface area contributed by atoms with Crippen molar-refractivity contribution in [3.63, 3.8) is 0 Å². The van der Waals surface area contributed by atoms with E-state index >= 15 is 0 Å². The Kier molecular flexibility index (Phi) is 4.08. The molecule has 20 heavy (non-hydrogen) atoms. The number of aromatic amines is 1. The number of carbonyl (C=O) groups is 1. The monoisotopic (exact) mass is 272 g/mol. The van der Waals surface area contributed by atoms with Gasteiger partial charge < -0.3 is 11.1 Å². The van der Waals surface area contributed by atoms with E-state index in [2.05, 4.69) is 27.6 Å². The van der Waals surface area contributed by atoms with Crippen LogP contribution in [0.25, 0.3) is 0 Å². The summed E-state index contributed by atoms with van der Waals surface area (Å²) in [5.74, 6) is 0.129. The van der Waals surface area contributed by atoms with Crippen molar-refractivity contribution in [2.45, 2.75) is 32.2 Å². The molecule has 0 fully saturated rings. The van der Waals surface area contributed by atoms with E-state index in [-0.39, 0.29) is 11.4 Å². The Hall–Kier alpha value is -2.30. The van der Waals surface area contributed by atoms with Gasteiger partial charge in [0, 0.05) is 11.6 Å². The van der Waals surface area contributed by atoms with Crippen LogP contribution in [0.3, 0.4) is 0 Å². The summed E-state index contributed by atoms with van der Waals surface area (Å²) in [4.78, 5) is 12.0. The highest BCUT2D eigenvalue weighted by molar-refractivity contribution is 5.93. The van der Waals surface area contributed by atoms with Crippen LogP contribution in [0, 0.1) is 0 Å². The molecule has 0 aliphatic carbocycles. The number of benzene rings is 1.